The van der Waals surface area contributed by atoms with Gasteiger partial charge in [-0.15, -0.1) is 0 Å². The predicted octanol–water partition coefficient (Wildman–Crippen LogP) is 10.7. The Kier molecular flexibility index (Phi) is 17.0. The quantitative estimate of drug-likeness (QED) is 0.105. The van der Waals surface area contributed by atoms with Crippen molar-refractivity contribution in [3.8, 4) is 5.75 Å². The number of hydrogen-bond donors (Lipinski definition) is 1. The van der Waals surface area contributed by atoms with Crippen molar-refractivity contribution in [3.63, 3.8) is 0 Å². The molecule has 2 amide bonds. The van der Waals surface area contributed by atoms with Gasteiger partial charge in [0.2, 0.25) is 5.91 Å². The van der Waals surface area contributed by atoms with Gasteiger partial charge in [-0.25, -0.2) is 9.78 Å². The number of likely N-dealkylation sites (N-methyl/N-ethyl adjacent to an activating group) is 1. The molecule has 2 aliphatic rings. The SMILES string of the molecule is CC(=O)CNC1(c2ccccc2)CCN(C[C@@H]2C[C@@]2(C(=O)N(C)Cc2ccccc2Cl)c2ccc(Cl)cc2)CC1.CCCN(CCOc1c(Cl)cc(Cl)cc1Cl)C(=O)n1ccnc1. The summed E-state index contributed by atoms with van der Waals surface area (Å²) in [5.74, 6) is 0.843. The molecule has 1 aromatic heterocycles. The minimum absolute atomic E-state index is 0.124. The normalized spacial score (nSPS) is 17.9. The summed E-state index contributed by atoms with van der Waals surface area (Å²) < 4.78 is 7.05. The average Bonchev–Trinajstić information content (AvgIpc) is 3.70. The van der Waals surface area contributed by atoms with Crippen molar-refractivity contribution in [3.05, 3.63) is 152 Å². The third-order valence-corrected chi connectivity index (χ3v) is 13.2. The van der Waals surface area contributed by atoms with Crippen molar-refractivity contribution in [1.82, 2.24) is 29.6 Å². The number of benzene rings is 4. The highest BCUT2D eigenvalue weighted by atomic mass is 35.5. The van der Waals surface area contributed by atoms with E-state index in [0.29, 0.717) is 57.0 Å². The number of nitrogens with one attached hydrogen (secondary N) is 1. The number of carbonyl (C=O) groups excluding carboxylic acids is 3. The summed E-state index contributed by atoms with van der Waals surface area (Å²) >= 11 is 30.6. The number of aromatic nitrogens is 2. The van der Waals surface area contributed by atoms with Crippen LogP contribution in [-0.4, -0.2) is 94.9 Å². The van der Waals surface area contributed by atoms with Gasteiger partial charge in [-0.2, -0.15) is 0 Å². The van der Waals surface area contributed by atoms with E-state index in [-0.39, 0.29) is 35.8 Å². The van der Waals surface area contributed by atoms with Crippen LogP contribution < -0.4 is 10.1 Å². The molecule has 4 aromatic carbocycles. The van der Waals surface area contributed by atoms with Gasteiger partial charge in [-0.3, -0.25) is 14.2 Å². The van der Waals surface area contributed by atoms with Crippen molar-refractivity contribution in [2.24, 2.45) is 5.92 Å². The Morgan fingerprint density at radius 2 is 1.51 bits per heavy atom. The zero-order valence-electron chi connectivity index (χ0n) is 35.7. The molecule has 0 bridgehead atoms. The molecule has 7 rings (SSSR count). The van der Waals surface area contributed by atoms with Gasteiger partial charge in [0.05, 0.1) is 28.5 Å². The van der Waals surface area contributed by atoms with E-state index in [9.17, 15) is 14.4 Å². The second-order valence-corrected chi connectivity index (χ2v) is 18.3. The van der Waals surface area contributed by atoms with Gasteiger partial charge in [0.15, 0.2) is 5.75 Å². The highest BCUT2D eigenvalue weighted by molar-refractivity contribution is 6.40. The number of halogens is 5. The molecular formula is C48H53Cl5N6O4. The molecule has 1 saturated carbocycles. The van der Waals surface area contributed by atoms with Crippen molar-refractivity contribution in [1.29, 1.82) is 0 Å². The van der Waals surface area contributed by atoms with Gasteiger partial charge in [0.1, 0.15) is 18.7 Å². The minimum Gasteiger partial charge on any atom is -0.489 e. The topological polar surface area (TPSA) is 100 Å². The largest absolute Gasteiger partial charge is 0.489 e. The summed E-state index contributed by atoms with van der Waals surface area (Å²) in [6, 6.07) is 28.9. The summed E-state index contributed by atoms with van der Waals surface area (Å²) in [4.78, 5) is 48.1. The van der Waals surface area contributed by atoms with E-state index in [4.69, 9.17) is 62.7 Å². The van der Waals surface area contributed by atoms with Crippen LogP contribution in [0.4, 0.5) is 4.79 Å². The zero-order valence-corrected chi connectivity index (χ0v) is 39.5. The van der Waals surface area contributed by atoms with Crippen LogP contribution in [0, 0.1) is 5.92 Å². The standard InChI is InChI=1S/C33H37Cl2N3O2.C15H16Cl3N3O2/c1-24(39)21-36-32(26-9-4-3-5-10-26)16-18-38(19-17-32)23-28-20-33(28,27-12-14-29(34)15-13-27)31(40)37(2)22-25-8-6-7-11-30(25)35;1-2-4-20(15(22)21-5-3-19-10-21)6-7-23-14-12(17)8-11(16)9-13(14)18/h3-15,28,36H,16-23H2,1-2H3;3,5,8-10H,2,4,6-7H2,1H3/t28-,33+;/m0./s1. The molecule has 15 heteroatoms. The van der Waals surface area contributed by atoms with Crippen LogP contribution in [0.1, 0.15) is 56.2 Å². The molecular weight excluding hydrogens is 902 g/mol. The predicted molar refractivity (Wildman–Crippen MR) is 253 cm³/mol. The molecule has 1 aliphatic heterocycles. The van der Waals surface area contributed by atoms with Gasteiger partial charge in [0.25, 0.3) is 0 Å². The number of nitrogens with zero attached hydrogens (tertiary/aromatic N) is 5. The third-order valence-electron chi connectivity index (χ3n) is 11.8. The maximum Gasteiger partial charge on any atom is 0.329 e. The summed E-state index contributed by atoms with van der Waals surface area (Å²) in [6.07, 6.45) is 8.10. The first-order chi connectivity index (χ1) is 30.3. The Morgan fingerprint density at radius 3 is 2.13 bits per heavy atom. The zero-order chi connectivity index (χ0) is 45.1. The van der Waals surface area contributed by atoms with Crippen molar-refractivity contribution in [2.45, 2.75) is 57.0 Å². The molecule has 1 N–H and O–H groups in total. The number of likely N-dealkylation sites (tertiary alicyclic amines) is 1. The average molecular weight is 955 g/mol. The first kappa shape index (κ1) is 48.3. The molecule has 5 aromatic rings. The first-order valence-electron chi connectivity index (χ1n) is 21.1. The number of Topliss-reactive ketones (excluding diaryl/α,β-unsaturated/α-hetero) is 1. The fourth-order valence-corrected chi connectivity index (χ4v) is 9.66. The van der Waals surface area contributed by atoms with E-state index >= 15 is 0 Å². The molecule has 1 saturated heterocycles. The van der Waals surface area contributed by atoms with Gasteiger partial charge in [-0.1, -0.05) is 126 Å². The molecule has 0 radical (unpaired) electrons. The van der Waals surface area contributed by atoms with Gasteiger partial charge < -0.3 is 24.8 Å². The Morgan fingerprint density at radius 1 is 0.841 bits per heavy atom. The number of amides is 2. The van der Waals surface area contributed by atoms with Crippen LogP contribution in [0.3, 0.4) is 0 Å². The molecule has 2 heterocycles. The number of piperidine rings is 1. The van der Waals surface area contributed by atoms with Crippen LogP contribution in [-0.2, 0) is 27.1 Å². The highest BCUT2D eigenvalue weighted by Gasteiger charge is 2.62. The van der Waals surface area contributed by atoms with E-state index in [1.54, 1.807) is 36.4 Å². The number of rotatable bonds is 16. The Hall–Kier alpha value is -4.13. The van der Waals surface area contributed by atoms with E-state index in [1.807, 2.05) is 73.5 Å². The lowest BCUT2D eigenvalue weighted by Crippen LogP contribution is -2.52. The molecule has 334 valence electrons. The number of hydrogen-bond acceptors (Lipinski definition) is 7. The summed E-state index contributed by atoms with van der Waals surface area (Å²) in [6.45, 7) is 8.39. The first-order valence-corrected chi connectivity index (χ1v) is 23.0. The van der Waals surface area contributed by atoms with Crippen molar-refractivity contribution < 1.29 is 19.1 Å². The van der Waals surface area contributed by atoms with Gasteiger partial charge in [-0.05, 0) is 85.5 Å². The minimum atomic E-state index is -0.568. The Labute approximate surface area is 395 Å². The van der Waals surface area contributed by atoms with Crippen LogP contribution in [0.25, 0.3) is 0 Å². The molecule has 2 atom stereocenters. The maximum absolute atomic E-state index is 14.1. The monoisotopic (exact) mass is 952 g/mol. The summed E-state index contributed by atoms with van der Waals surface area (Å²) in [5.41, 5.74) is 2.41. The Bertz CT molecular complexity index is 2280. The van der Waals surface area contributed by atoms with Crippen molar-refractivity contribution in [2.75, 3.05) is 52.9 Å². The summed E-state index contributed by atoms with van der Waals surface area (Å²) in [5, 5.41) is 6.04. The van der Waals surface area contributed by atoms with Crippen molar-refractivity contribution >= 4 is 75.7 Å². The molecule has 63 heavy (non-hydrogen) atoms. The van der Waals surface area contributed by atoms with Crippen LogP contribution in [0.15, 0.2) is 110 Å². The lowest BCUT2D eigenvalue weighted by molar-refractivity contribution is -0.133. The smallest absolute Gasteiger partial charge is 0.329 e. The van der Waals surface area contributed by atoms with Gasteiger partial charge >= 0.3 is 6.03 Å². The lowest BCUT2D eigenvalue weighted by Gasteiger charge is -2.43. The van der Waals surface area contributed by atoms with E-state index in [0.717, 1.165) is 56.4 Å². The van der Waals surface area contributed by atoms with Crippen LogP contribution in [0.5, 0.6) is 5.75 Å². The number of imidazole rings is 1. The fourth-order valence-electron chi connectivity index (χ4n) is 8.41. The molecule has 10 nitrogen and oxygen atoms in total. The molecule has 2 fully saturated rings. The molecule has 1 aliphatic carbocycles. The number of carbonyl (C=O) groups is 3. The molecule has 0 unspecified atom stereocenters. The summed E-state index contributed by atoms with van der Waals surface area (Å²) in [7, 11) is 1.87. The number of ketones is 1. The second kappa shape index (κ2) is 22.2. The molecule has 0 spiro atoms. The third kappa shape index (κ3) is 12.2. The fraction of sp³-hybridized carbons (Fsp3) is 0.375. The van der Waals surface area contributed by atoms with Crippen LogP contribution in [0.2, 0.25) is 25.1 Å². The highest BCUT2D eigenvalue weighted by Crippen LogP contribution is 2.56. The maximum atomic E-state index is 14.1. The second-order valence-electron chi connectivity index (χ2n) is 16.2. The van der Waals surface area contributed by atoms with Crippen LogP contribution >= 0.6 is 58.0 Å². The lowest BCUT2D eigenvalue weighted by atomic mass is 9.80. The van der Waals surface area contributed by atoms with E-state index < -0.39 is 5.41 Å². The number of ether oxygens (including phenoxy) is 1. The Balaban J connectivity index is 0.000000244. The van der Waals surface area contributed by atoms with E-state index in [1.165, 1.54) is 16.5 Å². The van der Waals surface area contributed by atoms with E-state index in [2.05, 4.69) is 39.5 Å². The van der Waals surface area contributed by atoms with Gasteiger partial charge in [0, 0.05) is 72.8 Å².